The first-order chi connectivity index (χ1) is 5.12. The second-order valence-electron chi connectivity index (χ2n) is 1.37. The van der Waals surface area contributed by atoms with Crippen LogP contribution in [0, 0.1) is 0 Å². The van der Waals surface area contributed by atoms with Crippen LogP contribution in [0.1, 0.15) is 6.92 Å². The molecule has 0 aliphatic carbocycles. The maximum Gasteiger partial charge on any atom is 0.387 e. The van der Waals surface area contributed by atoms with Gasteiger partial charge in [0.15, 0.2) is 0 Å². The first-order valence-electron chi connectivity index (χ1n) is 2.50. The molecule has 0 aromatic rings. The minimum Gasteiger partial charge on any atom is -0.331 e. The summed E-state index contributed by atoms with van der Waals surface area (Å²) in [6, 6.07) is 0. The highest BCUT2D eigenvalue weighted by atomic mass is 32.3. The molecule has 12 heavy (non-hydrogen) atoms. The molecule has 0 radical (unpaired) electrons. The predicted molar refractivity (Wildman–Crippen MR) is 37.9 cm³/mol. The van der Waals surface area contributed by atoms with Crippen LogP contribution in [0.3, 0.4) is 0 Å². The molecule has 0 unspecified atom stereocenters. The van der Waals surface area contributed by atoms with E-state index >= 15 is 0 Å². The maximum absolute atomic E-state index is 11.1. The Morgan fingerprint density at radius 2 is 1.33 bits per heavy atom. The molecular weight excluding hydrogens is 218 g/mol. The Balaban J connectivity index is 0. The van der Waals surface area contributed by atoms with Gasteiger partial charge in [-0.15, -0.1) is 0 Å². The maximum atomic E-state index is 11.1. The van der Waals surface area contributed by atoms with E-state index in [1.54, 1.807) is 0 Å². The smallest absolute Gasteiger partial charge is 0.331 e. The molecule has 76 valence electrons. The highest BCUT2D eigenvalue weighted by Gasteiger charge is 2.17. The van der Waals surface area contributed by atoms with Gasteiger partial charge in [-0.25, -0.2) is 0 Å². The van der Waals surface area contributed by atoms with Crippen molar-refractivity contribution in [2.45, 2.75) is 6.92 Å². The highest BCUT2D eigenvalue weighted by molar-refractivity contribution is 7.99. The van der Waals surface area contributed by atoms with Gasteiger partial charge in [-0.1, -0.05) is 18.8 Å². The Labute approximate surface area is 69.4 Å². The fourth-order valence-electron chi connectivity index (χ4n) is 0.119. The average Bonchev–Trinajstić information content (AvgIpc) is 1.53. The normalized spacial score (nSPS) is 11.7. The van der Waals surface area contributed by atoms with E-state index in [1.165, 1.54) is 0 Å². The van der Waals surface area contributed by atoms with E-state index in [4.69, 9.17) is 5.73 Å². The van der Waals surface area contributed by atoms with Crippen molar-refractivity contribution < 1.29 is 24.6 Å². The molecule has 0 saturated heterocycles. The van der Waals surface area contributed by atoms with Gasteiger partial charge in [-0.2, -0.15) is 16.8 Å². The van der Waals surface area contributed by atoms with Crippen molar-refractivity contribution in [2.24, 2.45) is 5.73 Å². The highest BCUT2D eigenvalue weighted by Crippen LogP contribution is 1.90. The zero-order valence-corrected chi connectivity index (χ0v) is 7.62. The molecule has 0 fully saturated rings. The van der Waals surface area contributed by atoms with Crippen LogP contribution in [-0.4, -0.2) is 23.4 Å². The quantitative estimate of drug-likeness (QED) is 0.585. The number of hydrogen-bond donors (Lipinski definition) is 2. The van der Waals surface area contributed by atoms with Crippen molar-refractivity contribution in [1.82, 2.24) is 4.13 Å². The molecule has 10 heteroatoms. The van der Waals surface area contributed by atoms with Crippen LogP contribution in [0.4, 0.5) is 7.77 Å². The third-order valence-electron chi connectivity index (χ3n) is 0.199. The van der Waals surface area contributed by atoms with E-state index < -0.39 is 20.8 Å². The van der Waals surface area contributed by atoms with E-state index in [2.05, 4.69) is 0 Å². The zero-order valence-electron chi connectivity index (χ0n) is 5.99. The minimum absolute atomic E-state index is 0.0694. The van der Waals surface area contributed by atoms with Gasteiger partial charge >= 0.3 is 20.8 Å². The van der Waals surface area contributed by atoms with Gasteiger partial charge in [0.1, 0.15) is 0 Å². The number of hydrogen-bond acceptors (Lipinski definition) is 5. The second-order valence-corrected chi connectivity index (χ2v) is 3.79. The monoisotopic (exact) mass is 226 g/mol. The third kappa shape index (κ3) is 22.6. The molecule has 6 nitrogen and oxygen atoms in total. The van der Waals surface area contributed by atoms with E-state index in [-0.39, 0.29) is 4.13 Å². The van der Waals surface area contributed by atoms with Gasteiger partial charge in [0, 0.05) is 0 Å². The predicted octanol–water partition coefficient (Wildman–Crippen LogP) is -1.03. The lowest BCUT2D eigenvalue weighted by atomic mass is 10.8. The van der Waals surface area contributed by atoms with Crippen molar-refractivity contribution in [3.63, 3.8) is 0 Å². The van der Waals surface area contributed by atoms with E-state index in [1.807, 2.05) is 6.92 Å². The van der Waals surface area contributed by atoms with E-state index in [9.17, 15) is 24.6 Å². The van der Waals surface area contributed by atoms with Crippen molar-refractivity contribution in [2.75, 3.05) is 6.54 Å². The molecule has 0 rings (SSSR count). The van der Waals surface area contributed by atoms with Gasteiger partial charge in [-0.05, 0) is 6.54 Å². The van der Waals surface area contributed by atoms with Crippen LogP contribution in [0.25, 0.3) is 0 Å². The first kappa shape index (κ1) is 14.2. The fraction of sp³-hybridized carbons (Fsp3) is 1.00. The molecule has 0 saturated carbocycles. The number of nitrogens with two attached hydrogens (primary N) is 1. The summed E-state index contributed by atoms with van der Waals surface area (Å²) in [5.41, 5.74) is 4.85. The average molecular weight is 226 g/mol. The Morgan fingerprint density at radius 3 is 1.33 bits per heavy atom. The number of nitrogens with one attached hydrogen (secondary N) is 1. The van der Waals surface area contributed by atoms with Gasteiger partial charge in [0.25, 0.3) is 0 Å². The Morgan fingerprint density at radius 1 is 1.17 bits per heavy atom. The fourth-order valence-corrected chi connectivity index (χ4v) is 1.07. The molecule has 0 aliphatic rings. The summed E-state index contributed by atoms with van der Waals surface area (Å²) < 4.78 is 59.3. The van der Waals surface area contributed by atoms with Crippen molar-refractivity contribution in [3.8, 4) is 0 Å². The van der Waals surface area contributed by atoms with Crippen LogP contribution in [0.5, 0.6) is 0 Å². The summed E-state index contributed by atoms with van der Waals surface area (Å²) in [4.78, 5) is 0. The first-order valence-corrected chi connectivity index (χ1v) is 5.27. The summed E-state index contributed by atoms with van der Waals surface area (Å²) in [6.45, 7) is 2.65. The Kier molecular flexibility index (Phi) is 6.34. The summed E-state index contributed by atoms with van der Waals surface area (Å²) >= 11 is 0. The lowest BCUT2D eigenvalue weighted by Crippen LogP contribution is -2.23. The second kappa shape index (κ2) is 5.35. The number of halogens is 2. The SMILES string of the molecule is CCN.O=S(=O)(F)NS(=O)(=O)F. The van der Waals surface area contributed by atoms with Crippen LogP contribution in [0.2, 0.25) is 0 Å². The summed E-state index contributed by atoms with van der Waals surface area (Å²) in [5.74, 6) is 0. The van der Waals surface area contributed by atoms with Crippen molar-refractivity contribution in [1.29, 1.82) is 0 Å². The lowest BCUT2D eigenvalue weighted by Gasteiger charge is -1.87. The minimum atomic E-state index is -5.49. The molecule has 0 aromatic carbocycles. The topological polar surface area (TPSA) is 106 Å². The summed E-state index contributed by atoms with van der Waals surface area (Å²) in [6.07, 6.45) is 0. The molecule has 0 spiro atoms. The number of rotatable bonds is 2. The largest absolute Gasteiger partial charge is 0.387 e. The van der Waals surface area contributed by atoms with Crippen molar-refractivity contribution in [3.05, 3.63) is 0 Å². The van der Waals surface area contributed by atoms with Gasteiger partial charge in [0.05, 0.1) is 0 Å². The zero-order chi connectivity index (χ0) is 10.4. The van der Waals surface area contributed by atoms with Gasteiger partial charge in [0.2, 0.25) is 0 Å². The molecule has 0 amide bonds. The molecule has 0 aromatic heterocycles. The van der Waals surface area contributed by atoms with Gasteiger partial charge < -0.3 is 5.73 Å². The molecular formula is C2H8F2N2O4S2. The van der Waals surface area contributed by atoms with Crippen LogP contribution >= 0.6 is 0 Å². The summed E-state index contributed by atoms with van der Waals surface area (Å²) in [7, 11) is -11.0. The van der Waals surface area contributed by atoms with Crippen LogP contribution < -0.4 is 9.86 Å². The van der Waals surface area contributed by atoms with Crippen LogP contribution in [0.15, 0.2) is 0 Å². The standard InChI is InChI=1S/C2H7N.F2HNO4S2/c1-2-3;1-8(4,5)3-9(2,6)7/h2-3H2,1H3;3H. The van der Waals surface area contributed by atoms with E-state index in [0.29, 0.717) is 0 Å². The van der Waals surface area contributed by atoms with E-state index in [0.717, 1.165) is 6.54 Å². The molecule has 0 aliphatic heterocycles. The molecule has 0 bridgehead atoms. The molecule has 0 heterocycles. The van der Waals surface area contributed by atoms with Crippen molar-refractivity contribution >= 4 is 20.8 Å². The molecule has 0 atom stereocenters. The Hall–Kier alpha value is -0.320. The summed E-state index contributed by atoms with van der Waals surface area (Å²) in [5, 5.41) is 0. The van der Waals surface area contributed by atoms with Crippen LogP contribution in [-0.2, 0) is 20.8 Å². The third-order valence-corrected chi connectivity index (χ3v) is 1.79. The molecule has 3 N–H and O–H groups in total. The lowest BCUT2D eigenvalue weighted by molar-refractivity contribution is 0.527. The Bertz CT molecular complexity index is 265. The van der Waals surface area contributed by atoms with Gasteiger partial charge in [-0.3, -0.25) is 0 Å².